The fourth-order valence-electron chi connectivity index (χ4n) is 4.02. The lowest BCUT2D eigenvalue weighted by atomic mass is 9.75. The number of benzene rings is 1. The molecular formula is C19H24BClN4O2. The summed E-state index contributed by atoms with van der Waals surface area (Å²) < 4.78 is 5.68. The molecule has 0 amide bonds. The average molecular weight is 387 g/mol. The van der Waals surface area contributed by atoms with Crippen LogP contribution in [0.15, 0.2) is 18.3 Å². The van der Waals surface area contributed by atoms with E-state index in [-0.39, 0.29) is 0 Å². The molecule has 1 aromatic heterocycles. The third-order valence-corrected chi connectivity index (χ3v) is 5.66. The number of aryl methyl sites for hydroxylation is 1. The molecule has 0 unspecified atom stereocenters. The average Bonchev–Trinajstić information content (AvgIpc) is 3.17. The molecule has 8 heteroatoms. The maximum Gasteiger partial charge on any atom is 0.492 e. The van der Waals surface area contributed by atoms with Crippen LogP contribution in [0.3, 0.4) is 0 Å². The highest BCUT2D eigenvalue weighted by Crippen LogP contribution is 2.33. The highest BCUT2D eigenvalue weighted by Gasteiger charge is 2.41. The smallest absolute Gasteiger partial charge is 0.423 e. The molecule has 1 aromatic carbocycles. The second-order valence-corrected chi connectivity index (χ2v) is 8.28. The monoisotopic (exact) mass is 386 g/mol. The summed E-state index contributed by atoms with van der Waals surface area (Å²) in [4.78, 5) is 8.87. The van der Waals surface area contributed by atoms with Gasteiger partial charge in [-0.2, -0.15) is 4.98 Å². The van der Waals surface area contributed by atoms with Crippen molar-refractivity contribution in [2.75, 3.05) is 10.6 Å². The van der Waals surface area contributed by atoms with Crippen LogP contribution in [-0.2, 0) is 10.3 Å². The van der Waals surface area contributed by atoms with Crippen molar-refractivity contribution in [2.24, 2.45) is 0 Å². The van der Waals surface area contributed by atoms with Crippen LogP contribution < -0.4 is 16.1 Å². The van der Waals surface area contributed by atoms with E-state index in [9.17, 15) is 5.02 Å². The Labute approximate surface area is 164 Å². The number of halogens is 1. The summed E-state index contributed by atoms with van der Waals surface area (Å²) in [5.41, 5.74) is 3.08. The predicted octanol–water partition coefficient (Wildman–Crippen LogP) is 3.49. The van der Waals surface area contributed by atoms with Gasteiger partial charge in [0.2, 0.25) is 5.95 Å². The van der Waals surface area contributed by atoms with E-state index >= 15 is 0 Å². The second kappa shape index (κ2) is 6.97. The molecule has 6 nitrogen and oxygen atoms in total. The molecule has 3 N–H and O–H groups in total. The van der Waals surface area contributed by atoms with Crippen molar-refractivity contribution >= 4 is 41.6 Å². The Morgan fingerprint density at radius 1 is 1.30 bits per heavy atom. The van der Waals surface area contributed by atoms with Gasteiger partial charge in [0, 0.05) is 11.7 Å². The number of fused-ring (bicyclic) bond motifs is 1. The Hall–Kier alpha value is -1.83. The molecule has 2 aromatic rings. The van der Waals surface area contributed by atoms with E-state index in [1.54, 1.807) is 6.20 Å². The van der Waals surface area contributed by atoms with Gasteiger partial charge in [0.1, 0.15) is 5.02 Å². The molecule has 0 saturated heterocycles. The van der Waals surface area contributed by atoms with Crippen LogP contribution in [0.4, 0.5) is 17.5 Å². The van der Waals surface area contributed by atoms with Crippen LogP contribution in [-0.4, -0.2) is 28.2 Å². The number of hydrogen-bond donors (Lipinski definition) is 3. The molecule has 0 spiro atoms. The lowest BCUT2D eigenvalue weighted by Gasteiger charge is -2.21. The Kier molecular flexibility index (Phi) is 4.78. The summed E-state index contributed by atoms with van der Waals surface area (Å²) in [5, 5.41) is 17.4. The van der Waals surface area contributed by atoms with Gasteiger partial charge in [-0.05, 0) is 62.3 Å². The fraction of sp³-hybridized carbons (Fsp3) is 0.474. The first-order valence-electron chi connectivity index (χ1n) is 9.40. The van der Waals surface area contributed by atoms with Gasteiger partial charge in [-0.1, -0.05) is 24.4 Å². The van der Waals surface area contributed by atoms with Gasteiger partial charge in [0.25, 0.3) is 0 Å². The Balaban J connectivity index is 1.60. The van der Waals surface area contributed by atoms with Crippen LogP contribution in [0.25, 0.3) is 0 Å². The van der Waals surface area contributed by atoms with Gasteiger partial charge >= 0.3 is 7.12 Å². The zero-order valence-electron chi connectivity index (χ0n) is 15.8. The summed E-state index contributed by atoms with van der Waals surface area (Å²) >= 11 is 6.27. The van der Waals surface area contributed by atoms with Crippen molar-refractivity contribution in [1.29, 1.82) is 0 Å². The molecule has 0 atom stereocenters. The Morgan fingerprint density at radius 3 is 2.78 bits per heavy atom. The predicted molar refractivity (Wildman–Crippen MR) is 109 cm³/mol. The molecule has 0 radical (unpaired) electrons. The van der Waals surface area contributed by atoms with E-state index < -0.39 is 12.7 Å². The minimum Gasteiger partial charge on any atom is -0.423 e. The molecule has 1 aliphatic heterocycles. The maximum absolute atomic E-state index is 10.2. The van der Waals surface area contributed by atoms with Crippen molar-refractivity contribution in [3.63, 3.8) is 0 Å². The van der Waals surface area contributed by atoms with E-state index in [1.165, 1.54) is 12.8 Å². The van der Waals surface area contributed by atoms with Gasteiger partial charge in [-0.3, -0.25) is 0 Å². The molecule has 2 heterocycles. The third kappa shape index (κ3) is 3.64. The molecule has 27 heavy (non-hydrogen) atoms. The number of rotatable bonds is 4. The van der Waals surface area contributed by atoms with E-state index in [0.717, 1.165) is 35.1 Å². The summed E-state index contributed by atoms with van der Waals surface area (Å²) in [7, 11) is -0.891. The molecule has 1 saturated carbocycles. The largest absolute Gasteiger partial charge is 0.492 e. The molecule has 142 valence electrons. The summed E-state index contributed by atoms with van der Waals surface area (Å²) in [6, 6.07) is 4.38. The van der Waals surface area contributed by atoms with Crippen molar-refractivity contribution in [3.8, 4) is 0 Å². The van der Waals surface area contributed by atoms with Gasteiger partial charge in [0.05, 0.1) is 11.8 Å². The zero-order valence-corrected chi connectivity index (χ0v) is 16.6. The van der Waals surface area contributed by atoms with Gasteiger partial charge in [-0.25, -0.2) is 4.98 Å². The topological polar surface area (TPSA) is 79.3 Å². The minimum atomic E-state index is -0.891. The minimum absolute atomic E-state index is 0.423. The summed E-state index contributed by atoms with van der Waals surface area (Å²) in [6.07, 6.45) is 6.38. The molecular weight excluding hydrogens is 363 g/mol. The molecule has 1 aliphatic carbocycles. The Morgan fingerprint density at radius 2 is 2.04 bits per heavy atom. The lowest BCUT2D eigenvalue weighted by Crippen LogP contribution is -2.30. The Bertz CT molecular complexity index is 871. The highest BCUT2D eigenvalue weighted by atomic mass is 35.5. The maximum atomic E-state index is 10.2. The zero-order chi connectivity index (χ0) is 19.2. The van der Waals surface area contributed by atoms with Crippen LogP contribution in [0.2, 0.25) is 5.02 Å². The van der Waals surface area contributed by atoms with Crippen molar-refractivity contribution in [3.05, 3.63) is 34.5 Å². The second-order valence-electron chi connectivity index (χ2n) is 7.88. The molecule has 2 aliphatic rings. The first-order chi connectivity index (χ1) is 12.8. The quantitative estimate of drug-likeness (QED) is 0.698. The molecule has 0 bridgehead atoms. The number of aromatic nitrogens is 2. The lowest BCUT2D eigenvalue weighted by molar-refractivity contribution is 0.101. The van der Waals surface area contributed by atoms with E-state index in [1.807, 2.05) is 32.9 Å². The van der Waals surface area contributed by atoms with Crippen molar-refractivity contribution < 1.29 is 9.68 Å². The molecule has 1 fully saturated rings. The van der Waals surface area contributed by atoms with E-state index in [0.29, 0.717) is 22.8 Å². The van der Waals surface area contributed by atoms with E-state index in [4.69, 9.17) is 16.3 Å². The number of hydrogen-bond acceptors (Lipinski definition) is 6. The van der Waals surface area contributed by atoms with Crippen LogP contribution in [0.1, 0.15) is 50.7 Å². The summed E-state index contributed by atoms with van der Waals surface area (Å²) in [5.74, 6) is 1.15. The normalized spacial score (nSPS) is 18.6. The van der Waals surface area contributed by atoms with Gasteiger partial charge in [0.15, 0.2) is 5.82 Å². The fourth-order valence-corrected chi connectivity index (χ4v) is 4.16. The van der Waals surface area contributed by atoms with Crippen LogP contribution in [0, 0.1) is 6.92 Å². The molecule has 4 rings (SSSR count). The highest BCUT2D eigenvalue weighted by molar-refractivity contribution is 6.62. The van der Waals surface area contributed by atoms with Crippen LogP contribution in [0.5, 0.6) is 0 Å². The third-order valence-electron chi connectivity index (χ3n) is 5.38. The first kappa shape index (κ1) is 18.5. The van der Waals surface area contributed by atoms with Gasteiger partial charge in [-0.15, -0.1) is 0 Å². The number of nitrogens with one attached hydrogen (secondary N) is 2. The number of anilines is 3. The summed E-state index contributed by atoms with van der Waals surface area (Å²) in [6.45, 7) is 5.87. The first-order valence-corrected chi connectivity index (χ1v) is 9.78. The van der Waals surface area contributed by atoms with Crippen molar-refractivity contribution in [1.82, 2.24) is 9.97 Å². The standard InChI is InChI=1S/C19H24BClN4O2/c1-11-8-13(9-14-16(11)20(26)27-19(14,2)3)24-18-22-10-15(21)17(25-18)23-12-6-4-5-7-12/h8-10,12,26H,4-7H2,1-3H3,(H2,22,23,24,25). The van der Waals surface area contributed by atoms with Crippen molar-refractivity contribution in [2.45, 2.75) is 58.1 Å². The van der Waals surface area contributed by atoms with E-state index in [2.05, 4.69) is 20.6 Å². The van der Waals surface area contributed by atoms with Crippen LogP contribution >= 0.6 is 11.6 Å². The number of nitrogens with zero attached hydrogens (tertiary/aromatic N) is 2. The SMILES string of the molecule is Cc1cc(Nc2ncc(Cl)c(NC3CCCC3)n2)cc2c1B(O)OC2(C)C. The van der Waals surface area contributed by atoms with Gasteiger partial charge < -0.3 is 20.3 Å².